The van der Waals surface area contributed by atoms with Crippen LogP contribution in [0.15, 0.2) is 53.4 Å². The largest absolute Gasteiger partial charge is 0.350 e. The maximum absolute atomic E-state index is 12.4. The van der Waals surface area contributed by atoms with Gasteiger partial charge in [0, 0.05) is 13.0 Å². The molecule has 0 saturated carbocycles. The monoisotopic (exact) mass is 413 g/mol. The molecule has 0 bridgehead atoms. The Kier molecular flexibility index (Phi) is 7.17. The van der Waals surface area contributed by atoms with Crippen LogP contribution in [0.2, 0.25) is 0 Å². The number of rotatable bonds is 7. The predicted octanol–water partition coefficient (Wildman–Crippen LogP) is 3.40. The Morgan fingerprint density at radius 1 is 1.07 bits per heavy atom. The number of benzene rings is 2. The van der Waals surface area contributed by atoms with Gasteiger partial charge in [-0.2, -0.15) is 5.26 Å². The molecule has 2 aromatic rings. The highest BCUT2D eigenvalue weighted by Gasteiger charge is 2.18. The van der Waals surface area contributed by atoms with Crippen molar-refractivity contribution in [2.45, 2.75) is 50.5 Å². The van der Waals surface area contributed by atoms with E-state index in [1.807, 2.05) is 13.0 Å². The summed E-state index contributed by atoms with van der Waals surface area (Å²) >= 11 is 0. The number of amides is 1. The number of nitrogens with zero attached hydrogens (tertiary/aromatic N) is 1. The first-order valence-corrected chi connectivity index (χ1v) is 10.9. The molecule has 0 fully saturated rings. The first-order chi connectivity index (χ1) is 13.5. The third kappa shape index (κ3) is 6.41. The molecule has 0 spiro atoms. The van der Waals surface area contributed by atoms with Gasteiger partial charge in [-0.3, -0.25) is 4.79 Å². The first kappa shape index (κ1) is 22.6. The number of sulfonamides is 1. The number of nitriles is 1. The lowest BCUT2D eigenvalue weighted by Gasteiger charge is -2.19. The molecule has 0 aliphatic carbocycles. The van der Waals surface area contributed by atoms with Crippen LogP contribution in [-0.2, 0) is 20.2 Å². The van der Waals surface area contributed by atoms with Crippen LogP contribution in [-0.4, -0.2) is 20.9 Å². The standard InChI is InChI=1S/C22H27N3O3S/c1-16(18-7-5-17(15-23)6-8-18)25-21(26)13-14-24-29(27,28)20-11-9-19(10-12-20)22(2,3)4/h5-12,16,24H,13-14H2,1-4H3,(H,25,26). The van der Waals surface area contributed by atoms with E-state index < -0.39 is 10.0 Å². The second-order valence-electron chi connectivity index (χ2n) is 7.95. The molecule has 1 amide bonds. The van der Waals surface area contributed by atoms with E-state index in [0.717, 1.165) is 11.1 Å². The highest BCUT2D eigenvalue weighted by atomic mass is 32.2. The Morgan fingerprint density at radius 2 is 1.66 bits per heavy atom. The van der Waals surface area contributed by atoms with Gasteiger partial charge < -0.3 is 5.32 Å². The van der Waals surface area contributed by atoms with E-state index >= 15 is 0 Å². The van der Waals surface area contributed by atoms with Gasteiger partial charge in [0.05, 0.1) is 22.6 Å². The van der Waals surface area contributed by atoms with Gasteiger partial charge >= 0.3 is 0 Å². The maximum Gasteiger partial charge on any atom is 0.240 e. The molecule has 0 heterocycles. The van der Waals surface area contributed by atoms with Crippen molar-refractivity contribution in [3.63, 3.8) is 0 Å². The molecule has 1 unspecified atom stereocenters. The number of hydrogen-bond acceptors (Lipinski definition) is 4. The second kappa shape index (κ2) is 9.21. The second-order valence-corrected chi connectivity index (χ2v) is 9.71. The smallest absolute Gasteiger partial charge is 0.240 e. The summed E-state index contributed by atoms with van der Waals surface area (Å²) in [6, 6.07) is 15.5. The molecular formula is C22H27N3O3S. The van der Waals surface area contributed by atoms with E-state index in [0.29, 0.717) is 5.56 Å². The van der Waals surface area contributed by atoms with Gasteiger partial charge in [0.25, 0.3) is 0 Å². The fourth-order valence-electron chi connectivity index (χ4n) is 2.76. The Hall–Kier alpha value is -2.69. The normalized spacial score (nSPS) is 12.8. The summed E-state index contributed by atoms with van der Waals surface area (Å²) in [5.74, 6) is -0.257. The topological polar surface area (TPSA) is 99.1 Å². The summed E-state index contributed by atoms with van der Waals surface area (Å²) < 4.78 is 27.3. The molecule has 2 aromatic carbocycles. The van der Waals surface area contributed by atoms with E-state index in [1.54, 1.807) is 48.5 Å². The van der Waals surface area contributed by atoms with E-state index in [1.165, 1.54) is 0 Å². The average Bonchev–Trinajstić information content (AvgIpc) is 2.67. The van der Waals surface area contributed by atoms with Crippen molar-refractivity contribution in [2.24, 2.45) is 0 Å². The van der Waals surface area contributed by atoms with Gasteiger partial charge in [-0.1, -0.05) is 45.0 Å². The van der Waals surface area contributed by atoms with Gasteiger partial charge in [0.1, 0.15) is 0 Å². The molecule has 0 aliphatic heterocycles. The third-order valence-corrected chi connectivity index (χ3v) is 6.07. The molecule has 0 radical (unpaired) electrons. The lowest BCUT2D eigenvalue weighted by Crippen LogP contribution is -2.32. The molecule has 0 aliphatic rings. The summed E-state index contributed by atoms with van der Waals surface area (Å²) in [4.78, 5) is 12.3. The van der Waals surface area contributed by atoms with Crippen LogP contribution in [0.3, 0.4) is 0 Å². The van der Waals surface area contributed by atoms with Gasteiger partial charge in [-0.05, 0) is 47.7 Å². The van der Waals surface area contributed by atoms with Gasteiger partial charge in [0.2, 0.25) is 15.9 Å². The van der Waals surface area contributed by atoms with Crippen LogP contribution >= 0.6 is 0 Å². The van der Waals surface area contributed by atoms with Crippen LogP contribution in [0.5, 0.6) is 0 Å². The van der Waals surface area contributed by atoms with Crippen LogP contribution in [0, 0.1) is 11.3 Å². The number of carbonyl (C=O) groups excluding carboxylic acids is 1. The van der Waals surface area contributed by atoms with Crippen molar-refractivity contribution in [3.05, 3.63) is 65.2 Å². The molecule has 29 heavy (non-hydrogen) atoms. The lowest BCUT2D eigenvalue weighted by molar-refractivity contribution is -0.121. The maximum atomic E-state index is 12.4. The zero-order chi connectivity index (χ0) is 21.7. The molecule has 7 heteroatoms. The minimum Gasteiger partial charge on any atom is -0.350 e. The van der Waals surface area contributed by atoms with Crippen molar-refractivity contribution in [2.75, 3.05) is 6.54 Å². The zero-order valence-corrected chi connectivity index (χ0v) is 18.0. The molecule has 154 valence electrons. The van der Waals surface area contributed by atoms with Crippen molar-refractivity contribution in [3.8, 4) is 6.07 Å². The van der Waals surface area contributed by atoms with Crippen molar-refractivity contribution < 1.29 is 13.2 Å². The summed E-state index contributed by atoms with van der Waals surface area (Å²) in [7, 11) is -3.67. The van der Waals surface area contributed by atoms with Gasteiger partial charge in [-0.25, -0.2) is 13.1 Å². The molecular weight excluding hydrogens is 386 g/mol. The SMILES string of the molecule is CC(NC(=O)CCNS(=O)(=O)c1ccc(C(C)(C)C)cc1)c1ccc(C#N)cc1. The molecule has 0 aromatic heterocycles. The summed E-state index contributed by atoms with van der Waals surface area (Å²) in [5.41, 5.74) is 2.42. The van der Waals surface area contributed by atoms with Crippen molar-refractivity contribution in [1.29, 1.82) is 5.26 Å². The minimum atomic E-state index is -3.67. The summed E-state index contributed by atoms with van der Waals surface area (Å²) in [6.45, 7) is 8.03. The summed E-state index contributed by atoms with van der Waals surface area (Å²) in [5, 5.41) is 11.7. The fourth-order valence-corrected chi connectivity index (χ4v) is 3.79. The number of hydrogen-bond donors (Lipinski definition) is 2. The Bertz CT molecular complexity index is 984. The average molecular weight is 414 g/mol. The Balaban J connectivity index is 1.87. The highest BCUT2D eigenvalue weighted by molar-refractivity contribution is 7.89. The van der Waals surface area contributed by atoms with Crippen LogP contribution in [0.25, 0.3) is 0 Å². The zero-order valence-electron chi connectivity index (χ0n) is 17.2. The van der Waals surface area contributed by atoms with E-state index in [2.05, 4.69) is 30.8 Å². The molecule has 0 saturated heterocycles. The van der Waals surface area contributed by atoms with Crippen molar-refractivity contribution in [1.82, 2.24) is 10.0 Å². The van der Waals surface area contributed by atoms with E-state index in [-0.39, 0.29) is 35.2 Å². The number of nitrogens with one attached hydrogen (secondary N) is 2. The van der Waals surface area contributed by atoms with E-state index in [9.17, 15) is 13.2 Å². The quantitative estimate of drug-likeness (QED) is 0.727. The molecule has 2 N–H and O–H groups in total. The van der Waals surface area contributed by atoms with Crippen molar-refractivity contribution >= 4 is 15.9 Å². The molecule has 2 rings (SSSR count). The Labute approximate surface area is 173 Å². The van der Waals surface area contributed by atoms with E-state index in [4.69, 9.17) is 5.26 Å². The molecule has 6 nitrogen and oxygen atoms in total. The van der Waals surface area contributed by atoms with Crippen LogP contribution in [0.4, 0.5) is 0 Å². The highest BCUT2D eigenvalue weighted by Crippen LogP contribution is 2.23. The molecule has 1 atom stereocenters. The number of carbonyl (C=O) groups is 1. The third-order valence-electron chi connectivity index (χ3n) is 4.59. The van der Waals surface area contributed by atoms with Gasteiger partial charge in [-0.15, -0.1) is 0 Å². The van der Waals surface area contributed by atoms with Crippen LogP contribution < -0.4 is 10.0 Å². The lowest BCUT2D eigenvalue weighted by atomic mass is 9.87. The minimum absolute atomic E-state index is 0.00921. The summed E-state index contributed by atoms with van der Waals surface area (Å²) in [6.07, 6.45) is 0.0277. The van der Waals surface area contributed by atoms with Gasteiger partial charge in [0.15, 0.2) is 0 Å². The van der Waals surface area contributed by atoms with Crippen LogP contribution in [0.1, 0.15) is 56.8 Å². The first-order valence-electron chi connectivity index (χ1n) is 9.42. The predicted molar refractivity (Wildman–Crippen MR) is 113 cm³/mol. The Morgan fingerprint density at radius 3 is 2.17 bits per heavy atom. The fraction of sp³-hybridized carbons (Fsp3) is 0.364.